The third-order valence-corrected chi connectivity index (χ3v) is 4.85. The molecule has 0 aromatic carbocycles. The fourth-order valence-electron chi connectivity index (χ4n) is 3.05. The molecule has 0 saturated heterocycles. The maximum atomic E-state index is 6.08. The molecule has 0 spiro atoms. The standard InChI is InChI=1S/C23H25ClN4O/c1-15(24)13-19-10-12-28(18(19)4)23-17(3)21(9-8-16(2)29-5)26-22(27-23)20-7-6-11-25-14-20/h6-14,23H,3H2,1-2,4-5H3,(H,26,27)/b15-13+,16-8+,21-9+/t23-/m1/s1. The lowest BCUT2D eigenvalue weighted by molar-refractivity contribution is 0.293. The molecule has 1 aliphatic heterocycles. The molecular weight excluding hydrogens is 384 g/mol. The number of hydrogen-bond acceptors (Lipinski definition) is 4. The van der Waals surface area contributed by atoms with Gasteiger partial charge in [0.1, 0.15) is 5.84 Å². The molecule has 0 saturated carbocycles. The quantitative estimate of drug-likeness (QED) is 0.680. The summed E-state index contributed by atoms with van der Waals surface area (Å²) in [6, 6.07) is 5.91. The topological polar surface area (TPSA) is 51.4 Å². The predicted octanol–water partition coefficient (Wildman–Crippen LogP) is 5.33. The van der Waals surface area contributed by atoms with Crippen LogP contribution in [0.5, 0.6) is 0 Å². The second-order valence-electron chi connectivity index (χ2n) is 6.80. The minimum Gasteiger partial charge on any atom is -0.501 e. The van der Waals surface area contributed by atoms with Crippen molar-refractivity contribution in [3.63, 3.8) is 0 Å². The summed E-state index contributed by atoms with van der Waals surface area (Å²) in [4.78, 5) is 9.16. The normalized spacial score (nSPS) is 19.2. The lowest BCUT2D eigenvalue weighted by Crippen LogP contribution is -2.33. The first-order valence-electron chi connectivity index (χ1n) is 9.29. The summed E-state index contributed by atoms with van der Waals surface area (Å²) in [5.41, 5.74) is 4.76. The second kappa shape index (κ2) is 8.97. The maximum Gasteiger partial charge on any atom is 0.154 e. The Bertz CT molecular complexity index is 1020. The molecule has 150 valence electrons. The first kappa shape index (κ1) is 20.7. The molecule has 0 amide bonds. The molecule has 1 atom stereocenters. The highest BCUT2D eigenvalue weighted by molar-refractivity contribution is 6.31. The number of rotatable bonds is 5. The SMILES string of the molecule is C=C1/C(=C\C=C(/C)OC)NC(c2cccnc2)=N[C@@H]1n1ccc(/C=C(\C)Cl)c1C. The van der Waals surface area contributed by atoms with Crippen molar-refractivity contribution in [1.29, 1.82) is 0 Å². The number of pyridine rings is 1. The number of aromatic nitrogens is 2. The smallest absolute Gasteiger partial charge is 0.154 e. The molecule has 0 radical (unpaired) electrons. The van der Waals surface area contributed by atoms with Gasteiger partial charge >= 0.3 is 0 Å². The van der Waals surface area contributed by atoms with Gasteiger partial charge in [0.25, 0.3) is 0 Å². The monoisotopic (exact) mass is 408 g/mol. The molecular formula is C23H25ClN4O. The molecule has 0 bridgehead atoms. The number of methoxy groups -OCH3 is 1. The molecule has 0 unspecified atom stereocenters. The van der Waals surface area contributed by atoms with Gasteiger partial charge in [0.2, 0.25) is 0 Å². The number of aliphatic imine (C=N–C) groups is 1. The van der Waals surface area contributed by atoms with Crippen molar-refractivity contribution < 1.29 is 4.74 Å². The van der Waals surface area contributed by atoms with E-state index in [4.69, 9.17) is 21.3 Å². The van der Waals surface area contributed by atoms with Gasteiger partial charge in [0, 0.05) is 46.2 Å². The largest absolute Gasteiger partial charge is 0.501 e. The van der Waals surface area contributed by atoms with E-state index in [0.717, 1.165) is 44.7 Å². The Labute approximate surface area is 176 Å². The van der Waals surface area contributed by atoms with Crippen LogP contribution in [0.2, 0.25) is 0 Å². The summed E-state index contributed by atoms with van der Waals surface area (Å²) >= 11 is 6.08. The third-order valence-electron chi connectivity index (χ3n) is 4.74. The van der Waals surface area contributed by atoms with Crippen LogP contribution < -0.4 is 5.32 Å². The van der Waals surface area contributed by atoms with Crippen molar-refractivity contribution in [1.82, 2.24) is 14.9 Å². The Morgan fingerprint density at radius 1 is 1.34 bits per heavy atom. The van der Waals surface area contributed by atoms with Crippen LogP contribution in [0.1, 0.15) is 36.8 Å². The Balaban J connectivity index is 2.09. The van der Waals surface area contributed by atoms with Gasteiger partial charge in [-0.1, -0.05) is 18.2 Å². The van der Waals surface area contributed by atoms with Crippen molar-refractivity contribution in [2.24, 2.45) is 4.99 Å². The molecule has 3 heterocycles. The van der Waals surface area contributed by atoms with E-state index in [0.29, 0.717) is 0 Å². The molecule has 1 N–H and O–H groups in total. The van der Waals surface area contributed by atoms with E-state index < -0.39 is 0 Å². The van der Waals surface area contributed by atoms with E-state index in [2.05, 4.69) is 28.4 Å². The molecule has 5 nitrogen and oxygen atoms in total. The predicted molar refractivity (Wildman–Crippen MR) is 120 cm³/mol. The number of amidine groups is 1. The minimum atomic E-state index is -0.285. The zero-order valence-corrected chi connectivity index (χ0v) is 17.9. The highest BCUT2D eigenvalue weighted by Gasteiger charge is 2.25. The van der Waals surface area contributed by atoms with Gasteiger partial charge in [0.05, 0.1) is 12.9 Å². The average molecular weight is 409 g/mol. The van der Waals surface area contributed by atoms with Gasteiger partial charge in [-0.25, -0.2) is 4.99 Å². The van der Waals surface area contributed by atoms with Crippen LogP contribution in [-0.4, -0.2) is 22.5 Å². The highest BCUT2D eigenvalue weighted by atomic mass is 35.5. The molecule has 2 aromatic heterocycles. The van der Waals surface area contributed by atoms with Crippen molar-refractivity contribution >= 4 is 23.5 Å². The van der Waals surface area contributed by atoms with Crippen molar-refractivity contribution in [2.45, 2.75) is 26.9 Å². The molecule has 1 aliphatic rings. The molecule has 2 aromatic rings. The first-order valence-corrected chi connectivity index (χ1v) is 9.66. The van der Waals surface area contributed by atoms with Crippen LogP contribution in [0, 0.1) is 6.92 Å². The molecule has 3 rings (SSSR count). The summed E-state index contributed by atoms with van der Waals surface area (Å²) in [6.45, 7) is 10.1. The highest BCUT2D eigenvalue weighted by Crippen LogP contribution is 2.31. The Hall–Kier alpha value is -3.05. The van der Waals surface area contributed by atoms with Gasteiger partial charge < -0.3 is 14.6 Å². The van der Waals surface area contributed by atoms with Crippen LogP contribution in [0.25, 0.3) is 6.08 Å². The molecule has 6 heteroatoms. The average Bonchev–Trinajstić information content (AvgIpc) is 3.07. The zero-order chi connectivity index (χ0) is 21.0. The van der Waals surface area contributed by atoms with Crippen LogP contribution in [-0.2, 0) is 4.74 Å². The van der Waals surface area contributed by atoms with Gasteiger partial charge in [-0.05, 0) is 62.8 Å². The van der Waals surface area contributed by atoms with E-state index in [1.165, 1.54) is 0 Å². The molecule has 0 aliphatic carbocycles. The summed E-state index contributed by atoms with van der Waals surface area (Å²) < 4.78 is 7.36. The fourth-order valence-corrected chi connectivity index (χ4v) is 3.17. The lowest BCUT2D eigenvalue weighted by Gasteiger charge is -2.29. The van der Waals surface area contributed by atoms with Crippen LogP contribution >= 0.6 is 11.6 Å². The Morgan fingerprint density at radius 2 is 2.14 bits per heavy atom. The zero-order valence-electron chi connectivity index (χ0n) is 17.1. The van der Waals surface area contributed by atoms with Gasteiger partial charge in [-0.2, -0.15) is 0 Å². The number of allylic oxidation sites excluding steroid dienone is 4. The molecule has 29 heavy (non-hydrogen) atoms. The number of nitrogens with one attached hydrogen (secondary N) is 1. The fraction of sp³-hybridized carbons (Fsp3) is 0.217. The van der Waals surface area contributed by atoms with E-state index in [1.54, 1.807) is 19.5 Å². The van der Waals surface area contributed by atoms with Gasteiger partial charge in [-0.3, -0.25) is 4.98 Å². The Kier molecular flexibility index (Phi) is 6.39. The maximum absolute atomic E-state index is 6.08. The molecule has 0 fully saturated rings. The number of halogens is 1. The second-order valence-corrected chi connectivity index (χ2v) is 7.40. The van der Waals surface area contributed by atoms with Gasteiger partial charge in [0.15, 0.2) is 6.17 Å². The third kappa shape index (κ3) is 4.69. The summed E-state index contributed by atoms with van der Waals surface area (Å²) in [5, 5.41) is 4.11. The van der Waals surface area contributed by atoms with E-state index in [9.17, 15) is 0 Å². The van der Waals surface area contributed by atoms with Gasteiger partial charge in [-0.15, -0.1) is 0 Å². The first-order chi connectivity index (χ1) is 13.9. The lowest BCUT2D eigenvalue weighted by atomic mass is 10.1. The Morgan fingerprint density at radius 3 is 2.79 bits per heavy atom. The number of nitrogens with zero attached hydrogens (tertiary/aromatic N) is 3. The van der Waals surface area contributed by atoms with Crippen LogP contribution in [0.3, 0.4) is 0 Å². The van der Waals surface area contributed by atoms with Crippen LogP contribution in [0.15, 0.2) is 82.6 Å². The number of ether oxygens (including phenoxy) is 1. The van der Waals surface area contributed by atoms with Crippen molar-refractivity contribution in [3.8, 4) is 0 Å². The van der Waals surface area contributed by atoms with Crippen molar-refractivity contribution in [2.75, 3.05) is 7.11 Å². The van der Waals surface area contributed by atoms with E-state index >= 15 is 0 Å². The number of hydrogen-bond donors (Lipinski definition) is 1. The summed E-state index contributed by atoms with van der Waals surface area (Å²) in [5.74, 6) is 1.54. The van der Waals surface area contributed by atoms with E-state index in [-0.39, 0.29) is 6.17 Å². The van der Waals surface area contributed by atoms with Crippen molar-refractivity contribution in [3.05, 3.63) is 94.4 Å². The summed E-state index contributed by atoms with van der Waals surface area (Å²) in [6.07, 6.45) is 11.1. The van der Waals surface area contributed by atoms with E-state index in [1.807, 2.05) is 56.5 Å². The van der Waals surface area contributed by atoms with Crippen LogP contribution in [0.4, 0.5) is 0 Å². The minimum absolute atomic E-state index is 0.285. The summed E-state index contributed by atoms with van der Waals surface area (Å²) in [7, 11) is 1.65.